The van der Waals surface area contributed by atoms with E-state index in [1.807, 2.05) is 27.7 Å². The molecule has 4 heteroatoms. The molecule has 1 N–H and O–H groups in total. The molecule has 1 heterocycles. The van der Waals surface area contributed by atoms with Crippen molar-refractivity contribution in [2.24, 2.45) is 40.9 Å². The molecule has 32 heavy (non-hydrogen) atoms. The second-order valence-electron chi connectivity index (χ2n) is 13.5. The number of ether oxygens (including phenoxy) is 1. The maximum Gasteiger partial charge on any atom is 0.296 e. The van der Waals surface area contributed by atoms with E-state index in [0.717, 1.165) is 29.6 Å². The van der Waals surface area contributed by atoms with Crippen molar-refractivity contribution < 1.29 is 14.5 Å². The van der Waals surface area contributed by atoms with E-state index < -0.39 is 11.2 Å². The Hall–Kier alpha value is -0.0551. The number of hydrogen-bond donors (Lipinski definition) is 1. The van der Waals surface area contributed by atoms with E-state index in [9.17, 15) is 5.11 Å². The van der Waals surface area contributed by atoms with Crippen molar-refractivity contribution in [3.63, 3.8) is 0 Å². The van der Waals surface area contributed by atoms with Crippen LogP contribution in [0.2, 0.25) is 5.82 Å². The molecule has 9 atom stereocenters. The highest BCUT2D eigenvalue weighted by Gasteiger charge is 2.60. The molecule has 4 fully saturated rings. The minimum atomic E-state index is -0.863. The van der Waals surface area contributed by atoms with Crippen LogP contribution in [0.5, 0.6) is 0 Å². The molecule has 7 unspecified atom stereocenters. The van der Waals surface area contributed by atoms with Crippen LogP contribution >= 0.6 is 0 Å². The fraction of sp³-hybridized carbons (Fsp3) is 1.00. The van der Waals surface area contributed by atoms with Gasteiger partial charge in [0.05, 0.1) is 23.4 Å². The summed E-state index contributed by atoms with van der Waals surface area (Å²) in [5, 5.41) is 10.5. The molecule has 0 aromatic heterocycles. The molecule has 3 aliphatic carbocycles. The highest BCUT2D eigenvalue weighted by atomic mass is 16.5. The van der Waals surface area contributed by atoms with Crippen molar-refractivity contribution >= 4 is 7.48 Å². The minimum absolute atomic E-state index is 0.346. The molecule has 4 rings (SSSR count). The number of rotatable bonds is 6. The minimum Gasteiger partial charge on any atom is -0.433 e. The average molecular weight is 446 g/mol. The SMILES string of the molecule is CCC1C(C2O[C@@H]3CCCCC3C2C)[C@H]2CCC([B]OC(C)(C)C(C)(C)O)CC2C1(C)C. The molecular formula is C28H50BO3. The van der Waals surface area contributed by atoms with E-state index in [1.165, 1.54) is 51.4 Å². The van der Waals surface area contributed by atoms with Crippen molar-refractivity contribution in [1.29, 1.82) is 0 Å². The van der Waals surface area contributed by atoms with Gasteiger partial charge in [0, 0.05) is 0 Å². The van der Waals surface area contributed by atoms with Crippen LogP contribution in [0.15, 0.2) is 0 Å². The zero-order chi connectivity index (χ0) is 23.5. The monoisotopic (exact) mass is 445 g/mol. The normalized spacial score (nSPS) is 44.2. The maximum atomic E-state index is 10.5. The van der Waals surface area contributed by atoms with Gasteiger partial charge in [-0.05, 0) is 87.3 Å². The van der Waals surface area contributed by atoms with E-state index in [-0.39, 0.29) is 0 Å². The van der Waals surface area contributed by atoms with Crippen molar-refractivity contribution in [2.75, 3.05) is 0 Å². The quantitative estimate of drug-likeness (QED) is 0.465. The molecule has 183 valence electrons. The maximum absolute atomic E-state index is 10.5. The summed E-state index contributed by atoms with van der Waals surface area (Å²) in [6.07, 6.45) is 11.4. The molecule has 1 saturated heterocycles. The lowest BCUT2D eigenvalue weighted by molar-refractivity contribution is -0.0916. The second-order valence-corrected chi connectivity index (χ2v) is 13.5. The van der Waals surface area contributed by atoms with Crippen LogP contribution in [0, 0.1) is 40.9 Å². The number of fused-ring (bicyclic) bond motifs is 2. The topological polar surface area (TPSA) is 38.7 Å². The fourth-order valence-corrected chi connectivity index (χ4v) is 8.32. The molecule has 1 radical (unpaired) electrons. The van der Waals surface area contributed by atoms with Gasteiger partial charge in [-0.2, -0.15) is 0 Å². The molecule has 3 nitrogen and oxygen atoms in total. The first-order valence-electron chi connectivity index (χ1n) is 13.8. The summed E-state index contributed by atoms with van der Waals surface area (Å²) in [5.74, 6) is 4.99. The summed E-state index contributed by atoms with van der Waals surface area (Å²) >= 11 is 0. The van der Waals surface area contributed by atoms with Gasteiger partial charge in [-0.1, -0.05) is 66.2 Å². The van der Waals surface area contributed by atoms with Crippen molar-refractivity contribution in [1.82, 2.24) is 0 Å². The van der Waals surface area contributed by atoms with Crippen LogP contribution in [0.1, 0.15) is 107 Å². The van der Waals surface area contributed by atoms with Gasteiger partial charge >= 0.3 is 0 Å². The first-order chi connectivity index (χ1) is 14.9. The predicted molar refractivity (Wildman–Crippen MR) is 133 cm³/mol. The fourth-order valence-electron chi connectivity index (χ4n) is 8.32. The van der Waals surface area contributed by atoms with E-state index in [1.54, 1.807) is 0 Å². The van der Waals surface area contributed by atoms with Crippen LogP contribution in [0.25, 0.3) is 0 Å². The largest absolute Gasteiger partial charge is 0.433 e. The van der Waals surface area contributed by atoms with E-state index in [4.69, 9.17) is 9.39 Å². The van der Waals surface area contributed by atoms with Crippen LogP contribution in [0.4, 0.5) is 0 Å². The Labute approximate surface area is 199 Å². The molecule has 0 aromatic carbocycles. The first-order valence-corrected chi connectivity index (χ1v) is 13.8. The zero-order valence-corrected chi connectivity index (χ0v) is 22.2. The summed E-state index contributed by atoms with van der Waals surface area (Å²) in [4.78, 5) is 0. The molecule has 0 spiro atoms. The highest BCUT2D eigenvalue weighted by molar-refractivity contribution is 6.29. The van der Waals surface area contributed by atoms with Gasteiger partial charge in [0.1, 0.15) is 0 Å². The van der Waals surface area contributed by atoms with Crippen molar-refractivity contribution in [3.05, 3.63) is 0 Å². The molecule has 4 aliphatic rings. The Morgan fingerprint density at radius 3 is 2.34 bits per heavy atom. The summed E-state index contributed by atoms with van der Waals surface area (Å²) in [5.41, 5.74) is -1.09. The van der Waals surface area contributed by atoms with Gasteiger partial charge in [0.25, 0.3) is 7.48 Å². The Bertz CT molecular complexity index is 654. The summed E-state index contributed by atoms with van der Waals surface area (Å²) in [7, 11) is 2.09. The smallest absolute Gasteiger partial charge is 0.296 e. The Morgan fingerprint density at radius 2 is 1.72 bits per heavy atom. The van der Waals surface area contributed by atoms with Gasteiger partial charge in [0.2, 0.25) is 0 Å². The average Bonchev–Trinajstić information content (AvgIpc) is 3.16. The Morgan fingerprint density at radius 1 is 1.03 bits per heavy atom. The molecule has 0 bridgehead atoms. The van der Waals surface area contributed by atoms with Gasteiger partial charge in [-0.25, -0.2) is 0 Å². The summed E-state index contributed by atoms with van der Waals surface area (Å²) in [6, 6.07) is 0. The Balaban J connectivity index is 1.49. The molecular weight excluding hydrogens is 395 g/mol. The molecule has 0 aromatic rings. The first kappa shape index (κ1) is 25.1. The molecule has 0 amide bonds. The third-order valence-electron chi connectivity index (χ3n) is 10.9. The van der Waals surface area contributed by atoms with Crippen LogP contribution in [-0.2, 0) is 9.39 Å². The molecule has 3 saturated carbocycles. The van der Waals surface area contributed by atoms with Crippen LogP contribution in [-0.4, -0.2) is 36.0 Å². The second kappa shape index (κ2) is 8.87. The predicted octanol–water partition coefficient (Wildman–Crippen LogP) is 6.65. The van der Waals surface area contributed by atoms with E-state index >= 15 is 0 Å². The lowest BCUT2D eigenvalue weighted by atomic mass is 9.59. The van der Waals surface area contributed by atoms with Crippen LogP contribution in [0.3, 0.4) is 0 Å². The third-order valence-corrected chi connectivity index (χ3v) is 10.9. The van der Waals surface area contributed by atoms with Gasteiger partial charge < -0.3 is 14.5 Å². The highest BCUT2D eigenvalue weighted by Crippen LogP contribution is 2.64. The van der Waals surface area contributed by atoms with Crippen molar-refractivity contribution in [3.8, 4) is 0 Å². The summed E-state index contributed by atoms with van der Waals surface area (Å²) < 4.78 is 13.1. The van der Waals surface area contributed by atoms with Gasteiger partial charge in [0.15, 0.2) is 0 Å². The number of hydrogen-bond acceptors (Lipinski definition) is 3. The van der Waals surface area contributed by atoms with Crippen molar-refractivity contribution in [2.45, 2.75) is 136 Å². The number of aliphatic hydroxyl groups is 1. The standard InChI is InChI=1S/C28H50BO3/c1-9-21-24(25-17(2)19-12-10-11-13-23(19)31-25)20-15-14-18(16-22(20)26(21,3)4)29-32-28(7,8)27(5,6)30/h17-25,30H,9-16H2,1-8H3/t17?,18?,19?,20-,21?,22?,23+,24?,25?/m0/s1. The zero-order valence-electron chi connectivity index (χ0n) is 22.2. The van der Waals surface area contributed by atoms with Gasteiger partial charge in [-0.3, -0.25) is 0 Å². The van der Waals surface area contributed by atoms with E-state index in [0.29, 0.717) is 29.4 Å². The summed E-state index contributed by atoms with van der Waals surface area (Å²) in [6.45, 7) is 17.7. The van der Waals surface area contributed by atoms with E-state index in [2.05, 4.69) is 35.2 Å². The lowest BCUT2D eigenvalue weighted by Crippen LogP contribution is -2.48. The Kier molecular flexibility index (Phi) is 6.94. The third kappa shape index (κ3) is 4.24. The van der Waals surface area contributed by atoms with Gasteiger partial charge in [-0.15, -0.1) is 0 Å². The van der Waals surface area contributed by atoms with Crippen LogP contribution < -0.4 is 0 Å². The lowest BCUT2D eigenvalue weighted by Gasteiger charge is -2.42. The molecule has 1 aliphatic heterocycles.